The molecule has 1 fully saturated rings. The van der Waals surface area contributed by atoms with Gasteiger partial charge < -0.3 is 19.9 Å². The van der Waals surface area contributed by atoms with Gasteiger partial charge >= 0.3 is 5.97 Å². The Labute approximate surface area is 143 Å². The molecule has 1 unspecified atom stereocenters. The molecule has 0 bridgehead atoms. The van der Waals surface area contributed by atoms with E-state index in [2.05, 4.69) is 5.32 Å². The Hall–Kier alpha value is -1.79. The molecule has 0 aromatic heterocycles. The van der Waals surface area contributed by atoms with Crippen LogP contribution in [-0.2, 0) is 9.53 Å². The molecule has 1 atom stereocenters. The van der Waals surface area contributed by atoms with Crippen LogP contribution in [0.1, 0.15) is 44.2 Å². The first kappa shape index (κ1) is 18.5. The van der Waals surface area contributed by atoms with E-state index in [1.807, 2.05) is 18.2 Å². The number of nitrogens with one attached hydrogen (secondary N) is 1. The van der Waals surface area contributed by atoms with Crippen molar-refractivity contribution < 1.29 is 19.0 Å². The van der Waals surface area contributed by atoms with Gasteiger partial charge in [0.25, 0.3) is 0 Å². The van der Waals surface area contributed by atoms with E-state index in [1.54, 1.807) is 14.0 Å². The van der Waals surface area contributed by atoms with Gasteiger partial charge in [-0.15, -0.1) is 0 Å². The first-order valence-corrected chi connectivity index (χ1v) is 8.61. The number of ether oxygens (including phenoxy) is 3. The highest BCUT2D eigenvalue weighted by molar-refractivity contribution is 5.71. The Bertz CT molecular complexity index is 530. The molecule has 0 radical (unpaired) electrons. The van der Waals surface area contributed by atoms with Gasteiger partial charge in [-0.3, -0.25) is 10.1 Å². The highest BCUT2D eigenvalue weighted by Gasteiger charge is 2.20. The van der Waals surface area contributed by atoms with Crippen LogP contribution in [0.2, 0.25) is 0 Å². The number of methoxy groups -OCH3 is 1. The van der Waals surface area contributed by atoms with Crippen LogP contribution in [0, 0.1) is 0 Å². The predicted octanol–water partition coefficient (Wildman–Crippen LogP) is 2.17. The van der Waals surface area contributed by atoms with Crippen molar-refractivity contribution in [3.63, 3.8) is 0 Å². The second-order valence-corrected chi connectivity index (χ2v) is 5.91. The van der Waals surface area contributed by atoms with Gasteiger partial charge in [-0.25, -0.2) is 0 Å². The monoisotopic (exact) mass is 336 g/mol. The standard InChI is InChI=1S/C18H28N2O4/c1-3-23-18(21)12-20-15(11-19)13-8-9-16(22-2)17(10-13)24-14-6-4-5-7-14/h8-10,14-15,20H,3-7,11-12,19H2,1-2H3. The Balaban J connectivity index is 2.07. The van der Waals surface area contributed by atoms with Crippen molar-refractivity contribution in [3.8, 4) is 11.5 Å². The molecular formula is C18H28N2O4. The molecule has 1 aliphatic carbocycles. The van der Waals surface area contributed by atoms with Crippen LogP contribution in [0.3, 0.4) is 0 Å². The van der Waals surface area contributed by atoms with Gasteiger partial charge in [0, 0.05) is 12.6 Å². The van der Waals surface area contributed by atoms with E-state index < -0.39 is 0 Å². The zero-order valence-electron chi connectivity index (χ0n) is 14.5. The summed E-state index contributed by atoms with van der Waals surface area (Å²) in [5.74, 6) is 1.16. The first-order valence-electron chi connectivity index (χ1n) is 8.61. The fourth-order valence-electron chi connectivity index (χ4n) is 2.94. The lowest BCUT2D eigenvalue weighted by Gasteiger charge is -2.20. The maximum absolute atomic E-state index is 11.5. The van der Waals surface area contributed by atoms with Crippen LogP contribution in [0.4, 0.5) is 0 Å². The predicted molar refractivity (Wildman–Crippen MR) is 92.3 cm³/mol. The largest absolute Gasteiger partial charge is 0.493 e. The smallest absolute Gasteiger partial charge is 0.319 e. The Morgan fingerprint density at radius 3 is 2.71 bits per heavy atom. The average Bonchev–Trinajstić information content (AvgIpc) is 3.09. The topological polar surface area (TPSA) is 82.8 Å². The lowest BCUT2D eigenvalue weighted by molar-refractivity contribution is -0.142. The van der Waals surface area contributed by atoms with Crippen molar-refractivity contribution in [2.24, 2.45) is 5.73 Å². The van der Waals surface area contributed by atoms with E-state index in [0.717, 1.165) is 24.2 Å². The molecule has 2 rings (SSSR count). The van der Waals surface area contributed by atoms with Gasteiger partial charge in [0.05, 0.1) is 26.4 Å². The normalized spacial score (nSPS) is 16.0. The van der Waals surface area contributed by atoms with Crippen LogP contribution < -0.4 is 20.5 Å². The first-order chi connectivity index (χ1) is 11.7. The van der Waals surface area contributed by atoms with Gasteiger partial charge in [0.2, 0.25) is 0 Å². The molecule has 0 aliphatic heterocycles. The molecule has 6 heteroatoms. The second kappa shape index (κ2) is 9.49. The zero-order valence-corrected chi connectivity index (χ0v) is 14.5. The van der Waals surface area contributed by atoms with Crippen molar-refractivity contribution in [1.29, 1.82) is 0 Å². The summed E-state index contributed by atoms with van der Waals surface area (Å²) in [6, 6.07) is 5.63. The van der Waals surface area contributed by atoms with Crippen molar-refractivity contribution in [1.82, 2.24) is 5.32 Å². The lowest BCUT2D eigenvalue weighted by atomic mass is 10.1. The van der Waals surface area contributed by atoms with Gasteiger partial charge in [0.1, 0.15) is 0 Å². The zero-order chi connectivity index (χ0) is 17.4. The number of rotatable bonds is 9. The van der Waals surface area contributed by atoms with Crippen LogP contribution in [0.25, 0.3) is 0 Å². The average molecular weight is 336 g/mol. The van der Waals surface area contributed by atoms with Gasteiger partial charge in [-0.05, 0) is 50.3 Å². The minimum Gasteiger partial charge on any atom is -0.493 e. The SMILES string of the molecule is CCOC(=O)CNC(CN)c1ccc(OC)c(OC2CCCC2)c1. The number of carbonyl (C=O) groups is 1. The van der Waals surface area contributed by atoms with Crippen LogP contribution in [0.15, 0.2) is 18.2 Å². The quantitative estimate of drug-likeness (QED) is 0.673. The summed E-state index contributed by atoms with van der Waals surface area (Å²) < 4.78 is 16.4. The van der Waals surface area contributed by atoms with E-state index in [1.165, 1.54) is 12.8 Å². The van der Waals surface area contributed by atoms with Crippen molar-refractivity contribution >= 4 is 5.97 Å². The summed E-state index contributed by atoms with van der Waals surface area (Å²) in [6.45, 7) is 2.65. The van der Waals surface area contributed by atoms with Crippen molar-refractivity contribution in [2.75, 3.05) is 26.8 Å². The Morgan fingerprint density at radius 1 is 1.33 bits per heavy atom. The summed E-state index contributed by atoms with van der Waals surface area (Å²) in [5, 5.41) is 3.13. The van der Waals surface area contributed by atoms with Crippen LogP contribution in [-0.4, -0.2) is 38.9 Å². The molecule has 0 amide bonds. The van der Waals surface area contributed by atoms with Gasteiger partial charge in [0.15, 0.2) is 11.5 Å². The van der Waals surface area contributed by atoms with Gasteiger partial charge in [-0.2, -0.15) is 0 Å². The number of esters is 1. The maximum atomic E-state index is 11.5. The number of benzene rings is 1. The number of carbonyl (C=O) groups excluding carboxylic acids is 1. The fourth-order valence-corrected chi connectivity index (χ4v) is 2.94. The Kier molecular flexibility index (Phi) is 7.34. The van der Waals surface area contributed by atoms with E-state index in [0.29, 0.717) is 18.9 Å². The molecule has 3 N–H and O–H groups in total. The van der Waals surface area contributed by atoms with E-state index in [-0.39, 0.29) is 24.7 Å². The summed E-state index contributed by atoms with van der Waals surface area (Å²) in [6.07, 6.45) is 4.82. The molecule has 1 aromatic rings. The highest BCUT2D eigenvalue weighted by Crippen LogP contribution is 2.33. The molecular weight excluding hydrogens is 308 g/mol. The molecule has 6 nitrogen and oxygen atoms in total. The van der Waals surface area contributed by atoms with E-state index in [9.17, 15) is 4.79 Å². The van der Waals surface area contributed by atoms with Crippen LogP contribution in [0.5, 0.6) is 11.5 Å². The third kappa shape index (κ3) is 5.11. The Morgan fingerprint density at radius 2 is 2.08 bits per heavy atom. The van der Waals surface area contributed by atoms with E-state index >= 15 is 0 Å². The molecule has 1 aliphatic rings. The number of nitrogens with two attached hydrogens (primary N) is 1. The molecule has 0 saturated heterocycles. The third-order valence-corrected chi connectivity index (χ3v) is 4.22. The molecule has 1 aromatic carbocycles. The second-order valence-electron chi connectivity index (χ2n) is 5.91. The van der Waals surface area contributed by atoms with Crippen molar-refractivity contribution in [2.45, 2.75) is 44.8 Å². The molecule has 0 spiro atoms. The minimum atomic E-state index is -0.285. The number of hydrogen-bond acceptors (Lipinski definition) is 6. The van der Waals surface area contributed by atoms with Crippen LogP contribution >= 0.6 is 0 Å². The lowest BCUT2D eigenvalue weighted by Crippen LogP contribution is -2.33. The highest BCUT2D eigenvalue weighted by atomic mass is 16.5. The molecule has 1 saturated carbocycles. The van der Waals surface area contributed by atoms with Gasteiger partial charge in [-0.1, -0.05) is 6.07 Å². The maximum Gasteiger partial charge on any atom is 0.319 e. The molecule has 24 heavy (non-hydrogen) atoms. The number of hydrogen-bond donors (Lipinski definition) is 2. The summed E-state index contributed by atoms with van der Waals surface area (Å²) in [4.78, 5) is 11.5. The summed E-state index contributed by atoms with van der Waals surface area (Å²) >= 11 is 0. The summed E-state index contributed by atoms with van der Waals surface area (Å²) in [5.41, 5.74) is 6.83. The fraction of sp³-hybridized carbons (Fsp3) is 0.611. The molecule has 134 valence electrons. The minimum absolute atomic E-state index is 0.126. The summed E-state index contributed by atoms with van der Waals surface area (Å²) in [7, 11) is 1.63. The van der Waals surface area contributed by atoms with Crippen molar-refractivity contribution in [3.05, 3.63) is 23.8 Å². The van der Waals surface area contributed by atoms with E-state index in [4.69, 9.17) is 19.9 Å². The third-order valence-electron chi connectivity index (χ3n) is 4.22. The molecule has 0 heterocycles.